The second-order valence-electron chi connectivity index (χ2n) is 13.0. The van der Waals surface area contributed by atoms with Crippen molar-refractivity contribution >= 4 is 18.0 Å². The Kier molecular flexibility index (Phi) is 14.2. The highest BCUT2D eigenvalue weighted by Crippen LogP contribution is 2.27. The number of benzene rings is 5. The van der Waals surface area contributed by atoms with Crippen LogP contribution >= 0.6 is 0 Å². The Labute approximate surface area is 311 Å². The maximum atomic E-state index is 14.2. The van der Waals surface area contributed by atoms with Gasteiger partial charge in [0.05, 0.1) is 20.3 Å². The Bertz CT molecular complexity index is 1880. The van der Waals surface area contributed by atoms with Gasteiger partial charge in [0.1, 0.15) is 12.6 Å². The van der Waals surface area contributed by atoms with Gasteiger partial charge in [-0.25, -0.2) is 14.4 Å². The Morgan fingerprint density at radius 2 is 1.15 bits per heavy atom. The summed E-state index contributed by atoms with van der Waals surface area (Å²) in [6.07, 6.45) is -0.980. The van der Waals surface area contributed by atoms with E-state index in [4.69, 9.17) is 18.9 Å². The summed E-state index contributed by atoms with van der Waals surface area (Å²) in [5.41, 5.74) is 4.62. The Morgan fingerprint density at radius 1 is 0.604 bits per heavy atom. The number of para-hydroxylation sites is 2. The van der Waals surface area contributed by atoms with Gasteiger partial charge < -0.3 is 29.2 Å². The Morgan fingerprint density at radius 3 is 1.75 bits per heavy atom. The molecule has 0 radical (unpaired) electrons. The number of methoxy groups -OCH3 is 1. The molecule has 0 spiro atoms. The standard InChI is InChI=1S/C44H46N2O7/c1-32(2)28-46(29-41(51-30-34-15-7-4-8-16-34)43(48)53-40-22-14-13-21-39(40)50-3)44(49)45-38(42(47)52-31-35-17-9-5-10-18-35)27-33-23-25-37(26-24-33)36-19-11-6-12-20-36/h4-26,32,38,41H,27-31H2,1-3H3,(H,45,49)/t38-,41?/m0/s1. The van der Waals surface area contributed by atoms with Crippen LogP contribution in [-0.4, -0.2) is 55.2 Å². The van der Waals surface area contributed by atoms with E-state index in [1.54, 1.807) is 24.3 Å². The number of carbonyl (C=O) groups excluding carboxylic acids is 3. The van der Waals surface area contributed by atoms with E-state index in [1.807, 2.05) is 129 Å². The van der Waals surface area contributed by atoms with Crippen LogP contribution in [0.15, 0.2) is 140 Å². The van der Waals surface area contributed by atoms with Gasteiger partial charge in [-0.1, -0.05) is 141 Å². The van der Waals surface area contributed by atoms with Gasteiger partial charge in [-0.2, -0.15) is 0 Å². The number of nitrogens with one attached hydrogen (secondary N) is 1. The van der Waals surface area contributed by atoms with Crippen LogP contribution in [0.1, 0.15) is 30.5 Å². The molecule has 5 aromatic carbocycles. The summed E-state index contributed by atoms with van der Waals surface area (Å²) in [5, 5.41) is 2.92. The summed E-state index contributed by atoms with van der Waals surface area (Å²) in [4.78, 5) is 43.1. The predicted octanol–water partition coefficient (Wildman–Crippen LogP) is 7.88. The highest BCUT2D eigenvalue weighted by molar-refractivity contribution is 5.85. The zero-order valence-corrected chi connectivity index (χ0v) is 30.4. The van der Waals surface area contributed by atoms with Gasteiger partial charge in [-0.05, 0) is 45.9 Å². The van der Waals surface area contributed by atoms with Crippen LogP contribution in [0.5, 0.6) is 11.5 Å². The fourth-order valence-corrected chi connectivity index (χ4v) is 5.69. The van der Waals surface area contributed by atoms with Crippen molar-refractivity contribution in [3.05, 3.63) is 156 Å². The molecule has 1 N–H and O–H groups in total. The van der Waals surface area contributed by atoms with E-state index in [-0.39, 0.29) is 44.4 Å². The molecule has 0 heterocycles. The zero-order valence-electron chi connectivity index (χ0n) is 30.4. The molecule has 0 aliphatic carbocycles. The second-order valence-corrected chi connectivity index (χ2v) is 13.0. The first-order valence-electron chi connectivity index (χ1n) is 17.7. The van der Waals surface area contributed by atoms with E-state index in [1.165, 1.54) is 12.0 Å². The predicted molar refractivity (Wildman–Crippen MR) is 204 cm³/mol. The molecule has 274 valence electrons. The molecule has 0 fully saturated rings. The van der Waals surface area contributed by atoms with Crippen LogP contribution in [0.4, 0.5) is 4.79 Å². The largest absolute Gasteiger partial charge is 0.493 e. The Hall–Kier alpha value is -5.93. The lowest BCUT2D eigenvalue weighted by molar-refractivity contribution is -0.150. The number of esters is 2. The fourth-order valence-electron chi connectivity index (χ4n) is 5.69. The van der Waals surface area contributed by atoms with Crippen molar-refractivity contribution in [3.8, 4) is 22.6 Å². The average molecular weight is 715 g/mol. The third-order valence-corrected chi connectivity index (χ3v) is 8.40. The van der Waals surface area contributed by atoms with E-state index in [9.17, 15) is 14.4 Å². The molecule has 0 aliphatic heterocycles. The van der Waals surface area contributed by atoms with E-state index in [0.29, 0.717) is 5.75 Å². The topological polar surface area (TPSA) is 103 Å². The molecule has 1 unspecified atom stereocenters. The number of ether oxygens (including phenoxy) is 4. The molecule has 0 saturated carbocycles. The number of hydrogen-bond acceptors (Lipinski definition) is 7. The third-order valence-electron chi connectivity index (χ3n) is 8.40. The fraction of sp³-hybridized carbons (Fsp3) is 0.250. The first kappa shape index (κ1) is 38.3. The van der Waals surface area contributed by atoms with E-state index >= 15 is 0 Å². The van der Waals surface area contributed by atoms with Crippen molar-refractivity contribution in [2.45, 2.75) is 45.6 Å². The summed E-state index contributed by atoms with van der Waals surface area (Å²) in [5.74, 6) is -0.633. The summed E-state index contributed by atoms with van der Waals surface area (Å²) in [6, 6.07) is 41.9. The van der Waals surface area contributed by atoms with Crippen molar-refractivity contribution in [1.82, 2.24) is 10.2 Å². The monoisotopic (exact) mass is 714 g/mol. The highest BCUT2D eigenvalue weighted by Gasteiger charge is 2.31. The van der Waals surface area contributed by atoms with Crippen LogP contribution < -0.4 is 14.8 Å². The first-order valence-corrected chi connectivity index (χ1v) is 17.7. The minimum atomic E-state index is -1.17. The number of rotatable bonds is 17. The van der Waals surface area contributed by atoms with E-state index < -0.39 is 30.1 Å². The van der Waals surface area contributed by atoms with Crippen LogP contribution in [0, 0.1) is 5.92 Å². The van der Waals surface area contributed by atoms with Crippen LogP contribution in [0.3, 0.4) is 0 Å². The molecule has 0 bridgehead atoms. The maximum Gasteiger partial charge on any atom is 0.342 e. The van der Waals surface area contributed by atoms with Gasteiger partial charge in [0.15, 0.2) is 17.6 Å². The summed E-state index contributed by atoms with van der Waals surface area (Å²) in [7, 11) is 1.49. The van der Waals surface area contributed by atoms with Gasteiger partial charge >= 0.3 is 18.0 Å². The number of nitrogens with zero attached hydrogens (tertiary/aromatic N) is 1. The molecule has 2 atom stereocenters. The normalized spacial score (nSPS) is 12.0. The van der Waals surface area contributed by atoms with Crippen LogP contribution in [0.25, 0.3) is 11.1 Å². The van der Waals surface area contributed by atoms with Gasteiger partial charge in [0.25, 0.3) is 0 Å². The van der Waals surface area contributed by atoms with Crippen molar-refractivity contribution in [1.29, 1.82) is 0 Å². The molecule has 0 aliphatic rings. The molecule has 53 heavy (non-hydrogen) atoms. The SMILES string of the molecule is COc1ccccc1OC(=O)C(CN(CC(C)C)C(=O)N[C@@H](Cc1ccc(-c2ccccc2)cc1)C(=O)OCc1ccccc1)OCc1ccccc1. The maximum absolute atomic E-state index is 14.2. The number of urea groups is 1. The van der Waals surface area contributed by atoms with Crippen molar-refractivity contribution in [2.75, 3.05) is 20.2 Å². The van der Waals surface area contributed by atoms with Gasteiger partial charge in [0, 0.05) is 13.0 Å². The number of hydrogen-bond donors (Lipinski definition) is 1. The van der Waals surface area contributed by atoms with Gasteiger partial charge in [-0.3, -0.25) is 0 Å². The van der Waals surface area contributed by atoms with Crippen LogP contribution in [-0.2, 0) is 38.7 Å². The highest BCUT2D eigenvalue weighted by atomic mass is 16.6. The van der Waals surface area contributed by atoms with E-state index in [2.05, 4.69) is 5.32 Å². The molecule has 5 rings (SSSR count). The van der Waals surface area contributed by atoms with E-state index in [0.717, 1.165) is 27.8 Å². The van der Waals surface area contributed by atoms with Crippen molar-refractivity contribution < 1.29 is 33.3 Å². The quantitative estimate of drug-likeness (QED) is 0.0773. The van der Waals surface area contributed by atoms with Gasteiger partial charge in [-0.15, -0.1) is 0 Å². The number of carbonyl (C=O) groups is 3. The third kappa shape index (κ3) is 11.8. The number of amides is 2. The minimum absolute atomic E-state index is 0.0229. The lowest BCUT2D eigenvalue weighted by Crippen LogP contribution is -2.53. The smallest absolute Gasteiger partial charge is 0.342 e. The molecular weight excluding hydrogens is 668 g/mol. The van der Waals surface area contributed by atoms with Crippen LogP contribution in [0.2, 0.25) is 0 Å². The van der Waals surface area contributed by atoms with Crippen molar-refractivity contribution in [3.63, 3.8) is 0 Å². The molecule has 2 amide bonds. The minimum Gasteiger partial charge on any atom is -0.493 e. The lowest BCUT2D eigenvalue weighted by Gasteiger charge is -2.30. The Balaban J connectivity index is 1.37. The van der Waals surface area contributed by atoms with Crippen molar-refractivity contribution in [2.24, 2.45) is 5.92 Å². The lowest BCUT2D eigenvalue weighted by atomic mass is 10.0. The molecule has 9 nitrogen and oxygen atoms in total. The van der Waals surface area contributed by atoms with Gasteiger partial charge in [0.2, 0.25) is 0 Å². The summed E-state index contributed by atoms with van der Waals surface area (Å²) >= 11 is 0. The molecular formula is C44H46N2O7. The first-order chi connectivity index (χ1) is 25.8. The zero-order chi connectivity index (χ0) is 37.4. The summed E-state index contributed by atoms with van der Waals surface area (Å²) < 4.78 is 23.0. The molecule has 0 aromatic heterocycles. The molecule has 5 aromatic rings. The molecule has 0 saturated heterocycles. The summed E-state index contributed by atoms with van der Waals surface area (Å²) in [6.45, 7) is 4.23. The molecule has 9 heteroatoms. The second kappa shape index (κ2) is 19.6. The average Bonchev–Trinajstić information content (AvgIpc) is 3.19.